The van der Waals surface area contributed by atoms with E-state index in [0.717, 1.165) is 0 Å². The summed E-state index contributed by atoms with van der Waals surface area (Å²) in [6, 6.07) is 10.7. The number of nitrogens with one attached hydrogen (secondary N) is 1. The molecule has 4 rings (SSSR count). The van der Waals surface area contributed by atoms with Crippen LogP contribution < -0.4 is 10.1 Å². The van der Waals surface area contributed by atoms with Gasteiger partial charge in [0.05, 0.1) is 12.0 Å². The van der Waals surface area contributed by atoms with E-state index in [0.29, 0.717) is 44.2 Å². The molecule has 2 aliphatic rings. The van der Waals surface area contributed by atoms with Crippen molar-refractivity contribution in [2.45, 2.75) is 6.42 Å². The summed E-state index contributed by atoms with van der Waals surface area (Å²) in [5, 5.41) is 2.94. The number of likely N-dealkylation sites (tertiary alicyclic amines) is 1. The maximum absolute atomic E-state index is 12.7. The summed E-state index contributed by atoms with van der Waals surface area (Å²) in [5.74, 6) is 0.412. The average Bonchev–Trinajstić information content (AvgIpc) is 3.27. The first-order valence-corrected chi connectivity index (χ1v) is 8.71. The van der Waals surface area contributed by atoms with Crippen molar-refractivity contribution in [2.75, 3.05) is 26.2 Å². The van der Waals surface area contributed by atoms with Gasteiger partial charge in [0.2, 0.25) is 11.8 Å². The third kappa shape index (κ3) is 2.89. The minimum Gasteiger partial charge on any atom is -0.477 e. The van der Waals surface area contributed by atoms with Crippen LogP contribution in [0.2, 0.25) is 0 Å². The zero-order valence-electron chi connectivity index (χ0n) is 14.3. The molecule has 2 amide bonds. The number of aromatic nitrogens is 2. The molecule has 0 unspecified atom stereocenters. The van der Waals surface area contributed by atoms with E-state index in [4.69, 9.17) is 4.74 Å². The number of carbonyl (C=O) groups is 2. The molecule has 2 saturated heterocycles. The van der Waals surface area contributed by atoms with Crippen LogP contribution in [-0.4, -0.2) is 52.9 Å². The Morgan fingerprint density at radius 3 is 2.77 bits per heavy atom. The lowest BCUT2D eigenvalue weighted by Crippen LogP contribution is -2.41. The van der Waals surface area contributed by atoms with Crippen molar-refractivity contribution in [2.24, 2.45) is 11.3 Å². The molecule has 0 bridgehead atoms. The summed E-state index contributed by atoms with van der Waals surface area (Å²) in [6.07, 6.45) is 3.91. The lowest BCUT2D eigenvalue weighted by Gasteiger charge is -2.27. The monoisotopic (exact) mass is 352 g/mol. The first kappa shape index (κ1) is 16.5. The summed E-state index contributed by atoms with van der Waals surface area (Å²) in [5.41, 5.74) is -0.191. The van der Waals surface area contributed by atoms with Crippen LogP contribution in [0.3, 0.4) is 0 Å². The number of hydrogen-bond acceptors (Lipinski definition) is 5. The second-order valence-corrected chi connectivity index (χ2v) is 6.73. The molecule has 1 spiro atoms. The van der Waals surface area contributed by atoms with E-state index in [1.54, 1.807) is 41.6 Å². The lowest BCUT2D eigenvalue weighted by molar-refractivity contribution is -0.128. The summed E-state index contributed by atoms with van der Waals surface area (Å²) < 4.78 is 5.79. The molecule has 0 aliphatic carbocycles. The SMILES string of the molecule is O=C(c1ccccn1)N1CC[C@]2(C1)C(=O)NC[C@@H]2COc1ccccn1. The Bertz CT molecular complexity index is 799. The molecule has 2 aromatic rings. The molecule has 7 nitrogen and oxygen atoms in total. The molecule has 4 heterocycles. The normalized spacial score (nSPS) is 24.7. The van der Waals surface area contributed by atoms with E-state index in [1.165, 1.54) is 0 Å². The van der Waals surface area contributed by atoms with Gasteiger partial charge in [0.1, 0.15) is 5.69 Å². The standard InChI is InChI=1S/C19H20N4O3/c24-17(15-5-1-3-8-20-15)23-10-7-19(13-23)14(11-22-18(19)25)12-26-16-6-2-4-9-21-16/h1-6,8-9,14H,7,10-13H2,(H,22,25)/t14-,19-/m1/s1. The Kier molecular flexibility index (Phi) is 4.28. The predicted molar refractivity (Wildman–Crippen MR) is 93.4 cm³/mol. The van der Waals surface area contributed by atoms with Crippen LogP contribution in [-0.2, 0) is 4.79 Å². The Morgan fingerprint density at radius 2 is 2.04 bits per heavy atom. The number of pyridine rings is 2. The van der Waals surface area contributed by atoms with Crippen LogP contribution in [0, 0.1) is 11.3 Å². The topological polar surface area (TPSA) is 84.4 Å². The maximum atomic E-state index is 12.7. The van der Waals surface area contributed by atoms with E-state index in [2.05, 4.69) is 15.3 Å². The quantitative estimate of drug-likeness (QED) is 0.892. The van der Waals surface area contributed by atoms with Crippen molar-refractivity contribution in [3.8, 4) is 5.88 Å². The van der Waals surface area contributed by atoms with Gasteiger partial charge in [-0.1, -0.05) is 12.1 Å². The third-order valence-corrected chi connectivity index (χ3v) is 5.28. The van der Waals surface area contributed by atoms with Gasteiger partial charge in [-0.05, 0) is 24.6 Å². The minimum atomic E-state index is -0.598. The summed E-state index contributed by atoms with van der Waals surface area (Å²) >= 11 is 0. The highest BCUT2D eigenvalue weighted by Gasteiger charge is 2.55. The molecule has 0 aromatic carbocycles. The van der Waals surface area contributed by atoms with Crippen molar-refractivity contribution >= 4 is 11.8 Å². The third-order valence-electron chi connectivity index (χ3n) is 5.28. The number of hydrogen-bond donors (Lipinski definition) is 1. The summed E-state index contributed by atoms with van der Waals surface area (Å²) in [7, 11) is 0. The predicted octanol–water partition coefficient (Wildman–Crippen LogP) is 1.13. The van der Waals surface area contributed by atoms with E-state index in [9.17, 15) is 9.59 Å². The number of nitrogens with zero attached hydrogens (tertiary/aromatic N) is 3. The van der Waals surface area contributed by atoms with Gasteiger partial charge in [0.25, 0.3) is 5.91 Å². The molecule has 1 N–H and O–H groups in total. The second kappa shape index (κ2) is 6.74. The van der Waals surface area contributed by atoms with Gasteiger partial charge in [-0.3, -0.25) is 14.6 Å². The van der Waals surface area contributed by atoms with Crippen LogP contribution in [0.15, 0.2) is 48.8 Å². The molecular formula is C19H20N4O3. The van der Waals surface area contributed by atoms with Gasteiger partial charge in [0.15, 0.2) is 0 Å². The van der Waals surface area contributed by atoms with E-state index < -0.39 is 5.41 Å². The van der Waals surface area contributed by atoms with Crippen LogP contribution in [0.25, 0.3) is 0 Å². The molecule has 134 valence electrons. The van der Waals surface area contributed by atoms with Gasteiger partial charge in [0, 0.05) is 44.0 Å². The molecule has 2 aliphatic heterocycles. The fraction of sp³-hybridized carbons (Fsp3) is 0.368. The van der Waals surface area contributed by atoms with Crippen LogP contribution in [0.1, 0.15) is 16.9 Å². The Hall–Kier alpha value is -2.96. The lowest BCUT2D eigenvalue weighted by atomic mass is 9.77. The Morgan fingerprint density at radius 1 is 1.23 bits per heavy atom. The number of ether oxygens (including phenoxy) is 1. The Labute approximate surface area is 151 Å². The fourth-order valence-corrected chi connectivity index (χ4v) is 3.79. The van der Waals surface area contributed by atoms with E-state index in [1.807, 2.05) is 12.1 Å². The molecular weight excluding hydrogens is 332 g/mol. The molecule has 2 fully saturated rings. The number of rotatable bonds is 4. The van der Waals surface area contributed by atoms with Gasteiger partial charge >= 0.3 is 0 Å². The zero-order chi connectivity index (χ0) is 18.0. The molecule has 26 heavy (non-hydrogen) atoms. The van der Waals surface area contributed by atoms with Crippen LogP contribution >= 0.6 is 0 Å². The molecule has 2 aromatic heterocycles. The van der Waals surface area contributed by atoms with Crippen molar-refractivity contribution in [1.29, 1.82) is 0 Å². The van der Waals surface area contributed by atoms with Gasteiger partial charge < -0.3 is 15.0 Å². The van der Waals surface area contributed by atoms with E-state index in [-0.39, 0.29) is 17.7 Å². The van der Waals surface area contributed by atoms with Crippen molar-refractivity contribution in [3.63, 3.8) is 0 Å². The fourth-order valence-electron chi connectivity index (χ4n) is 3.79. The molecule has 2 atom stereocenters. The smallest absolute Gasteiger partial charge is 0.272 e. The maximum Gasteiger partial charge on any atom is 0.272 e. The van der Waals surface area contributed by atoms with Crippen molar-refractivity contribution in [3.05, 3.63) is 54.5 Å². The van der Waals surface area contributed by atoms with E-state index >= 15 is 0 Å². The highest BCUT2D eigenvalue weighted by atomic mass is 16.5. The summed E-state index contributed by atoms with van der Waals surface area (Å²) in [4.78, 5) is 35.3. The van der Waals surface area contributed by atoms with Crippen LogP contribution in [0.5, 0.6) is 5.88 Å². The number of carbonyl (C=O) groups excluding carboxylic acids is 2. The number of amides is 2. The van der Waals surface area contributed by atoms with Gasteiger partial charge in [-0.2, -0.15) is 0 Å². The second-order valence-electron chi connectivity index (χ2n) is 6.73. The Balaban J connectivity index is 1.47. The largest absolute Gasteiger partial charge is 0.477 e. The molecule has 0 saturated carbocycles. The highest BCUT2D eigenvalue weighted by Crippen LogP contribution is 2.42. The van der Waals surface area contributed by atoms with Crippen molar-refractivity contribution in [1.82, 2.24) is 20.2 Å². The first-order valence-electron chi connectivity index (χ1n) is 8.71. The average molecular weight is 352 g/mol. The summed E-state index contributed by atoms with van der Waals surface area (Å²) in [6.45, 7) is 1.88. The molecule has 0 radical (unpaired) electrons. The zero-order valence-corrected chi connectivity index (χ0v) is 14.3. The van der Waals surface area contributed by atoms with Gasteiger partial charge in [-0.15, -0.1) is 0 Å². The van der Waals surface area contributed by atoms with Gasteiger partial charge in [-0.25, -0.2) is 4.98 Å². The molecule has 7 heteroatoms. The highest BCUT2D eigenvalue weighted by molar-refractivity contribution is 5.94. The first-order chi connectivity index (χ1) is 12.7. The van der Waals surface area contributed by atoms with Crippen LogP contribution in [0.4, 0.5) is 0 Å². The minimum absolute atomic E-state index is 0.00135. The van der Waals surface area contributed by atoms with Crippen molar-refractivity contribution < 1.29 is 14.3 Å².